The monoisotopic (exact) mass is 380 g/mol. The third-order valence-corrected chi connectivity index (χ3v) is 4.88. The van der Waals surface area contributed by atoms with Crippen molar-refractivity contribution in [3.63, 3.8) is 0 Å². The Hall–Kier alpha value is -2.09. The van der Waals surface area contributed by atoms with Crippen molar-refractivity contribution in [2.75, 3.05) is 18.5 Å². The highest BCUT2D eigenvalue weighted by Gasteiger charge is 2.28. The molecule has 1 saturated heterocycles. The van der Waals surface area contributed by atoms with E-state index in [-0.39, 0.29) is 35.5 Å². The van der Waals surface area contributed by atoms with Gasteiger partial charge in [-0.25, -0.2) is 4.68 Å². The molecule has 0 spiro atoms. The van der Waals surface area contributed by atoms with Gasteiger partial charge in [0.1, 0.15) is 5.69 Å². The molecule has 2 heterocycles. The lowest BCUT2D eigenvalue weighted by molar-refractivity contribution is -0.119. The summed E-state index contributed by atoms with van der Waals surface area (Å²) in [6.07, 6.45) is 1.52. The molecule has 1 fully saturated rings. The molecule has 0 saturated carbocycles. The average molecular weight is 381 g/mol. The van der Waals surface area contributed by atoms with E-state index in [1.807, 2.05) is 30.3 Å². The lowest BCUT2D eigenvalue weighted by Gasteiger charge is -2.26. The van der Waals surface area contributed by atoms with Crippen LogP contribution < -0.4 is 16.6 Å². The van der Waals surface area contributed by atoms with Gasteiger partial charge in [-0.2, -0.15) is 0 Å². The van der Waals surface area contributed by atoms with Gasteiger partial charge in [-0.15, -0.1) is 12.4 Å². The first-order chi connectivity index (χ1) is 12.0. The number of rotatable bonds is 4. The molecule has 1 aliphatic heterocycles. The Morgan fingerprint density at radius 1 is 1.27 bits per heavy atom. The van der Waals surface area contributed by atoms with Gasteiger partial charge < -0.3 is 15.8 Å². The molecule has 1 amide bonds. The van der Waals surface area contributed by atoms with E-state index in [1.165, 1.54) is 4.68 Å². The molecule has 1 aliphatic rings. The minimum absolute atomic E-state index is 0. The van der Waals surface area contributed by atoms with Crippen molar-refractivity contribution in [2.45, 2.75) is 25.8 Å². The fourth-order valence-corrected chi connectivity index (χ4v) is 3.21. The van der Waals surface area contributed by atoms with Gasteiger partial charge in [0.05, 0.1) is 17.4 Å². The number of hydrogen-bond donors (Lipinski definition) is 2. The number of nitrogens with zero attached hydrogens (tertiary/aromatic N) is 2. The Bertz CT molecular complexity index is 810. The Balaban J connectivity index is 0.00000243. The van der Waals surface area contributed by atoms with Crippen LogP contribution >= 0.6 is 12.4 Å². The topological polar surface area (TPSA) is 91.3 Å². The maximum atomic E-state index is 12.8. The van der Waals surface area contributed by atoms with Crippen LogP contribution in [-0.4, -0.2) is 34.5 Å². The van der Waals surface area contributed by atoms with E-state index in [0.29, 0.717) is 18.9 Å². The summed E-state index contributed by atoms with van der Waals surface area (Å²) in [5.41, 5.74) is 7.55. The van der Waals surface area contributed by atoms with Crippen molar-refractivity contribution < 1.29 is 9.53 Å². The highest BCUT2D eigenvalue weighted by atomic mass is 35.5. The third-order valence-electron chi connectivity index (χ3n) is 4.88. The smallest absolute Gasteiger partial charge is 0.295 e. The van der Waals surface area contributed by atoms with Crippen LogP contribution in [0.3, 0.4) is 0 Å². The highest BCUT2D eigenvalue weighted by molar-refractivity contribution is 5.95. The number of ether oxygens (including phenoxy) is 1. The number of para-hydroxylation sites is 1. The summed E-state index contributed by atoms with van der Waals surface area (Å²) in [5.74, 6) is -0.243. The van der Waals surface area contributed by atoms with Gasteiger partial charge in [-0.1, -0.05) is 18.2 Å². The fraction of sp³-hybridized carbons (Fsp3) is 0.444. The van der Waals surface area contributed by atoms with Crippen molar-refractivity contribution in [1.82, 2.24) is 9.36 Å². The van der Waals surface area contributed by atoms with Crippen molar-refractivity contribution >= 4 is 24.0 Å². The normalized spacial score (nSPS) is 16.0. The number of nitrogens with one attached hydrogen (secondary N) is 1. The van der Waals surface area contributed by atoms with Gasteiger partial charge in [0.15, 0.2) is 0 Å². The van der Waals surface area contributed by atoms with Crippen LogP contribution in [0.5, 0.6) is 0 Å². The Labute approximate surface area is 158 Å². The highest BCUT2D eigenvalue weighted by Crippen LogP contribution is 2.19. The van der Waals surface area contributed by atoms with E-state index in [4.69, 9.17) is 10.5 Å². The van der Waals surface area contributed by atoms with Gasteiger partial charge in [0.2, 0.25) is 5.91 Å². The van der Waals surface area contributed by atoms with Crippen LogP contribution in [0.2, 0.25) is 0 Å². The second-order valence-corrected chi connectivity index (χ2v) is 6.40. The van der Waals surface area contributed by atoms with Crippen molar-refractivity contribution in [1.29, 1.82) is 0 Å². The van der Waals surface area contributed by atoms with Gasteiger partial charge >= 0.3 is 0 Å². The quantitative estimate of drug-likeness (QED) is 0.842. The first-order valence-corrected chi connectivity index (χ1v) is 8.49. The van der Waals surface area contributed by atoms with Gasteiger partial charge in [0, 0.05) is 20.3 Å². The first kappa shape index (κ1) is 20.2. The molecule has 1 atom stereocenters. The number of aromatic nitrogens is 2. The zero-order valence-electron chi connectivity index (χ0n) is 15.0. The summed E-state index contributed by atoms with van der Waals surface area (Å²) in [6.45, 7) is 3.05. The van der Waals surface area contributed by atoms with Gasteiger partial charge in [-0.05, 0) is 37.8 Å². The van der Waals surface area contributed by atoms with E-state index >= 15 is 0 Å². The number of carbonyl (C=O) groups excluding carboxylic acids is 1. The van der Waals surface area contributed by atoms with Crippen LogP contribution in [0.4, 0.5) is 5.69 Å². The molecule has 142 valence electrons. The third kappa shape index (κ3) is 3.85. The summed E-state index contributed by atoms with van der Waals surface area (Å²) < 4.78 is 8.57. The van der Waals surface area contributed by atoms with Gasteiger partial charge in [0.25, 0.3) is 5.56 Å². The van der Waals surface area contributed by atoms with E-state index in [0.717, 1.165) is 18.5 Å². The average Bonchev–Trinajstić information content (AvgIpc) is 2.86. The lowest BCUT2D eigenvalue weighted by atomic mass is 9.92. The van der Waals surface area contributed by atoms with E-state index in [2.05, 4.69) is 5.32 Å². The molecule has 0 radical (unpaired) electrons. The number of halogens is 1. The SMILES string of the molecule is Cc1c(NC(=O)C(N)C2CCOCC2)c(=O)n(-c2ccccc2)n1C.Cl. The summed E-state index contributed by atoms with van der Waals surface area (Å²) >= 11 is 0. The van der Waals surface area contributed by atoms with Gasteiger partial charge in [-0.3, -0.25) is 14.3 Å². The summed E-state index contributed by atoms with van der Waals surface area (Å²) in [4.78, 5) is 25.4. The maximum Gasteiger partial charge on any atom is 0.295 e. The van der Waals surface area contributed by atoms with Crippen LogP contribution in [0, 0.1) is 12.8 Å². The van der Waals surface area contributed by atoms with Crippen molar-refractivity contribution in [3.8, 4) is 5.69 Å². The van der Waals surface area contributed by atoms with E-state index in [9.17, 15) is 9.59 Å². The second-order valence-electron chi connectivity index (χ2n) is 6.40. The zero-order chi connectivity index (χ0) is 18.0. The summed E-state index contributed by atoms with van der Waals surface area (Å²) in [6, 6.07) is 8.67. The number of hydrogen-bond acceptors (Lipinski definition) is 4. The van der Waals surface area contributed by atoms with Crippen LogP contribution in [0.1, 0.15) is 18.5 Å². The first-order valence-electron chi connectivity index (χ1n) is 8.49. The summed E-state index contributed by atoms with van der Waals surface area (Å²) in [7, 11) is 1.79. The second kappa shape index (κ2) is 8.53. The molecule has 0 aliphatic carbocycles. The maximum absolute atomic E-state index is 12.8. The molecule has 1 aromatic heterocycles. The minimum atomic E-state index is -0.645. The minimum Gasteiger partial charge on any atom is -0.381 e. The number of amides is 1. The molecule has 1 aromatic carbocycles. The van der Waals surface area contributed by atoms with Crippen molar-refractivity contribution in [2.24, 2.45) is 18.7 Å². The Morgan fingerprint density at radius 2 is 1.88 bits per heavy atom. The number of nitrogens with two attached hydrogens (primary N) is 1. The number of anilines is 1. The standard InChI is InChI=1S/C18H24N4O3.ClH/c1-12-16(20-17(23)15(19)13-8-10-25-11-9-13)18(24)22(21(12)2)14-6-4-3-5-7-14;/h3-7,13,15H,8-11,19H2,1-2H3,(H,20,23);1H. The predicted molar refractivity (Wildman–Crippen MR) is 103 cm³/mol. The van der Waals surface area contributed by atoms with Crippen LogP contribution in [-0.2, 0) is 16.6 Å². The van der Waals surface area contributed by atoms with E-state index in [1.54, 1.807) is 18.7 Å². The zero-order valence-corrected chi connectivity index (χ0v) is 15.8. The Morgan fingerprint density at radius 3 is 2.50 bits per heavy atom. The molecular formula is C18H25ClN4O3. The molecule has 2 aromatic rings. The van der Waals surface area contributed by atoms with Crippen LogP contribution in [0.25, 0.3) is 5.69 Å². The fourth-order valence-electron chi connectivity index (χ4n) is 3.21. The summed E-state index contributed by atoms with van der Waals surface area (Å²) in [5, 5.41) is 2.75. The van der Waals surface area contributed by atoms with Crippen LogP contribution in [0.15, 0.2) is 35.1 Å². The van der Waals surface area contributed by atoms with Crippen molar-refractivity contribution in [3.05, 3.63) is 46.4 Å². The predicted octanol–water partition coefficient (Wildman–Crippen LogP) is 1.60. The largest absolute Gasteiger partial charge is 0.381 e. The number of carbonyl (C=O) groups is 1. The molecule has 3 rings (SSSR count). The molecule has 0 bridgehead atoms. The molecule has 8 heteroatoms. The molecule has 3 N–H and O–H groups in total. The lowest BCUT2D eigenvalue weighted by Crippen LogP contribution is -2.44. The molecule has 26 heavy (non-hydrogen) atoms. The Kier molecular flexibility index (Phi) is 6.63. The molecular weight excluding hydrogens is 356 g/mol. The molecule has 1 unspecified atom stereocenters. The van der Waals surface area contributed by atoms with E-state index < -0.39 is 6.04 Å². The molecule has 7 nitrogen and oxygen atoms in total. The number of benzene rings is 1.